The second kappa shape index (κ2) is 5.51. The fourth-order valence-electron chi connectivity index (χ4n) is 1.24. The lowest BCUT2D eigenvalue weighted by atomic mass is 10.1. The molecule has 0 saturated carbocycles. The molecule has 16 heavy (non-hydrogen) atoms. The van der Waals surface area contributed by atoms with Crippen molar-refractivity contribution in [2.45, 2.75) is 20.0 Å². The van der Waals surface area contributed by atoms with Crippen molar-refractivity contribution in [2.75, 3.05) is 13.7 Å². The van der Waals surface area contributed by atoms with E-state index in [1.165, 1.54) is 7.11 Å². The lowest BCUT2D eigenvalue weighted by molar-refractivity contribution is -0.151. The molecule has 0 saturated heterocycles. The van der Waals surface area contributed by atoms with Crippen LogP contribution in [0.5, 0.6) is 5.75 Å². The predicted octanol–water partition coefficient (Wildman–Crippen LogP) is 1.22. The Morgan fingerprint density at radius 1 is 1.44 bits per heavy atom. The van der Waals surface area contributed by atoms with Gasteiger partial charge >= 0.3 is 5.97 Å². The van der Waals surface area contributed by atoms with E-state index in [0.717, 1.165) is 11.1 Å². The van der Waals surface area contributed by atoms with Crippen molar-refractivity contribution in [3.63, 3.8) is 0 Å². The molecule has 1 unspecified atom stereocenters. The Morgan fingerprint density at radius 3 is 2.75 bits per heavy atom. The quantitative estimate of drug-likeness (QED) is 0.781. The fourth-order valence-corrected chi connectivity index (χ4v) is 1.24. The smallest absolute Gasteiger partial charge is 0.338 e. The van der Waals surface area contributed by atoms with Crippen molar-refractivity contribution in [3.05, 3.63) is 29.3 Å². The van der Waals surface area contributed by atoms with Crippen LogP contribution in [0.15, 0.2) is 18.2 Å². The van der Waals surface area contributed by atoms with E-state index in [1.807, 2.05) is 32.0 Å². The van der Waals surface area contributed by atoms with E-state index >= 15 is 0 Å². The van der Waals surface area contributed by atoms with Gasteiger partial charge < -0.3 is 14.6 Å². The first-order chi connectivity index (χ1) is 7.54. The molecular weight excluding hydrogens is 208 g/mol. The number of carbonyl (C=O) groups is 1. The highest BCUT2D eigenvalue weighted by molar-refractivity contribution is 5.74. The predicted molar refractivity (Wildman–Crippen MR) is 59.4 cm³/mol. The lowest BCUT2D eigenvalue weighted by Gasteiger charge is -2.12. The van der Waals surface area contributed by atoms with Crippen LogP contribution in [0.4, 0.5) is 0 Å². The summed E-state index contributed by atoms with van der Waals surface area (Å²) in [7, 11) is 1.23. The minimum atomic E-state index is -1.25. The zero-order valence-corrected chi connectivity index (χ0v) is 9.69. The van der Waals surface area contributed by atoms with Gasteiger partial charge in [0.1, 0.15) is 12.4 Å². The first-order valence-electron chi connectivity index (χ1n) is 5.00. The van der Waals surface area contributed by atoms with Crippen LogP contribution in [-0.4, -0.2) is 30.9 Å². The Balaban J connectivity index is 2.60. The molecule has 0 aliphatic rings. The molecule has 0 aliphatic carbocycles. The molecule has 4 nitrogen and oxygen atoms in total. The Morgan fingerprint density at radius 2 is 2.12 bits per heavy atom. The molecule has 0 spiro atoms. The highest BCUT2D eigenvalue weighted by Gasteiger charge is 2.16. The van der Waals surface area contributed by atoms with Gasteiger partial charge in [-0.2, -0.15) is 0 Å². The Bertz CT molecular complexity index is 373. The highest BCUT2D eigenvalue weighted by atomic mass is 16.5. The van der Waals surface area contributed by atoms with Crippen molar-refractivity contribution in [1.29, 1.82) is 0 Å². The summed E-state index contributed by atoms with van der Waals surface area (Å²) in [5.41, 5.74) is 2.02. The number of aliphatic hydroxyl groups is 1. The Labute approximate surface area is 94.8 Å². The molecule has 0 aromatic heterocycles. The maximum absolute atomic E-state index is 10.9. The van der Waals surface area contributed by atoms with E-state index in [1.54, 1.807) is 0 Å². The number of carbonyl (C=O) groups excluding carboxylic acids is 1. The average molecular weight is 224 g/mol. The summed E-state index contributed by atoms with van der Waals surface area (Å²) in [6.07, 6.45) is -1.25. The SMILES string of the molecule is COC(=O)C(O)COc1cc(C)ccc1C. The van der Waals surface area contributed by atoms with E-state index in [9.17, 15) is 9.90 Å². The van der Waals surface area contributed by atoms with Gasteiger partial charge in [-0.3, -0.25) is 0 Å². The molecule has 1 rings (SSSR count). The summed E-state index contributed by atoms with van der Waals surface area (Å²) in [5.74, 6) is -0.0201. The van der Waals surface area contributed by atoms with Gasteiger partial charge in [-0.15, -0.1) is 0 Å². The molecule has 1 aromatic carbocycles. The minimum Gasteiger partial charge on any atom is -0.490 e. The number of hydrogen-bond donors (Lipinski definition) is 1. The van der Waals surface area contributed by atoms with Crippen molar-refractivity contribution in [2.24, 2.45) is 0 Å². The Hall–Kier alpha value is -1.55. The summed E-state index contributed by atoms with van der Waals surface area (Å²) in [6, 6.07) is 5.76. The summed E-state index contributed by atoms with van der Waals surface area (Å²) >= 11 is 0. The van der Waals surface area contributed by atoms with Crippen molar-refractivity contribution < 1.29 is 19.4 Å². The van der Waals surface area contributed by atoms with Crippen LogP contribution in [0.1, 0.15) is 11.1 Å². The van der Waals surface area contributed by atoms with Crippen molar-refractivity contribution in [1.82, 2.24) is 0 Å². The first kappa shape index (κ1) is 12.5. The van der Waals surface area contributed by atoms with Crippen molar-refractivity contribution >= 4 is 5.97 Å². The monoisotopic (exact) mass is 224 g/mol. The maximum Gasteiger partial charge on any atom is 0.338 e. The number of methoxy groups -OCH3 is 1. The normalized spacial score (nSPS) is 12.0. The molecule has 1 atom stereocenters. The number of esters is 1. The van der Waals surface area contributed by atoms with Crippen molar-refractivity contribution in [3.8, 4) is 5.75 Å². The van der Waals surface area contributed by atoms with Crippen LogP contribution in [0, 0.1) is 13.8 Å². The van der Waals surface area contributed by atoms with E-state index in [4.69, 9.17) is 4.74 Å². The third-order valence-corrected chi connectivity index (χ3v) is 2.21. The molecule has 0 fully saturated rings. The minimum absolute atomic E-state index is 0.100. The van der Waals surface area contributed by atoms with E-state index in [0.29, 0.717) is 5.75 Å². The van der Waals surface area contributed by atoms with Crippen LogP contribution in [0.2, 0.25) is 0 Å². The summed E-state index contributed by atoms with van der Waals surface area (Å²) in [5, 5.41) is 9.34. The summed E-state index contributed by atoms with van der Waals surface area (Å²) < 4.78 is 9.74. The Kier molecular flexibility index (Phi) is 4.31. The van der Waals surface area contributed by atoms with Gasteiger partial charge in [0.2, 0.25) is 0 Å². The fraction of sp³-hybridized carbons (Fsp3) is 0.417. The third-order valence-electron chi connectivity index (χ3n) is 2.21. The number of aryl methyl sites for hydroxylation is 2. The number of hydrogen-bond acceptors (Lipinski definition) is 4. The molecule has 0 amide bonds. The van der Waals surface area contributed by atoms with E-state index in [-0.39, 0.29) is 6.61 Å². The van der Waals surface area contributed by atoms with Gasteiger partial charge in [0.25, 0.3) is 0 Å². The molecule has 1 aromatic rings. The first-order valence-corrected chi connectivity index (χ1v) is 5.00. The third kappa shape index (κ3) is 3.24. The number of ether oxygens (including phenoxy) is 2. The van der Waals surface area contributed by atoms with Gasteiger partial charge in [-0.05, 0) is 31.0 Å². The molecule has 0 bridgehead atoms. The largest absolute Gasteiger partial charge is 0.490 e. The second-order valence-corrected chi connectivity index (χ2v) is 3.62. The number of rotatable bonds is 4. The van der Waals surface area contributed by atoms with Crippen LogP contribution in [0.3, 0.4) is 0 Å². The van der Waals surface area contributed by atoms with Crippen LogP contribution in [-0.2, 0) is 9.53 Å². The van der Waals surface area contributed by atoms with Gasteiger partial charge in [-0.1, -0.05) is 12.1 Å². The number of benzene rings is 1. The molecule has 0 heterocycles. The van der Waals surface area contributed by atoms with Crippen LogP contribution < -0.4 is 4.74 Å². The molecule has 0 radical (unpaired) electrons. The zero-order valence-electron chi connectivity index (χ0n) is 9.69. The van der Waals surface area contributed by atoms with Gasteiger partial charge in [0.15, 0.2) is 6.10 Å². The van der Waals surface area contributed by atoms with Gasteiger partial charge in [-0.25, -0.2) is 4.79 Å². The molecule has 4 heteroatoms. The van der Waals surface area contributed by atoms with Crippen LogP contribution >= 0.6 is 0 Å². The average Bonchev–Trinajstić information content (AvgIpc) is 2.28. The molecular formula is C12H16O4. The van der Waals surface area contributed by atoms with Gasteiger partial charge in [0.05, 0.1) is 7.11 Å². The molecule has 1 N–H and O–H groups in total. The summed E-state index contributed by atoms with van der Waals surface area (Å²) in [4.78, 5) is 10.9. The topological polar surface area (TPSA) is 55.8 Å². The molecule has 88 valence electrons. The number of aliphatic hydroxyl groups excluding tert-OH is 1. The second-order valence-electron chi connectivity index (χ2n) is 3.62. The highest BCUT2D eigenvalue weighted by Crippen LogP contribution is 2.19. The van der Waals surface area contributed by atoms with Crippen LogP contribution in [0.25, 0.3) is 0 Å². The lowest BCUT2D eigenvalue weighted by Crippen LogP contribution is -2.28. The summed E-state index contributed by atoms with van der Waals surface area (Å²) in [6.45, 7) is 3.75. The maximum atomic E-state index is 10.9. The van der Waals surface area contributed by atoms with E-state index in [2.05, 4.69) is 4.74 Å². The van der Waals surface area contributed by atoms with Gasteiger partial charge in [0, 0.05) is 0 Å². The van der Waals surface area contributed by atoms with E-state index < -0.39 is 12.1 Å². The zero-order chi connectivity index (χ0) is 12.1. The standard InChI is InChI=1S/C12H16O4/c1-8-4-5-9(2)11(6-8)16-7-10(13)12(14)15-3/h4-6,10,13H,7H2,1-3H3. The molecule has 0 aliphatic heterocycles.